The lowest BCUT2D eigenvalue weighted by Gasteiger charge is -2.15. The summed E-state index contributed by atoms with van der Waals surface area (Å²) in [6.07, 6.45) is 3.57. The van der Waals surface area contributed by atoms with Gasteiger partial charge in [-0.15, -0.1) is 0 Å². The van der Waals surface area contributed by atoms with Crippen molar-refractivity contribution >= 4 is 23.1 Å². The van der Waals surface area contributed by atoms with Crippen LogP contribution in [-0.4, -0.2) is 34.1 Å². The van der Waals surface area contributed by atoms with Crippen molar-refractivity contribution in [3.63, 3.8) is 0 Å². The molecule has 0 aliphatic carbocycles. The first-order chi connectivity index (χ1) is 9.75. The number of H-pyrrole nitrogens is 1. The summed E-state index contributed by atoms with van der Waals surface area (Å²) in [6, 6.07) is 7.53. The molecule has 1 aromatic carbocycles. The molecule has 4 nitrogen and oxygen atoms in total. The number of hydrogen-bond donors (Lipinski definition) is 1. The zero-order chi connectivity index (χ0) is 13.9. The van der Waals surface area contributed by atoms with Crippen molar-refractivity contribution in [2.24, 2.45) is 0 Å². The number of aromatic nitrogens is 2. The van der Waals surface area contributed by atoms with Crippen molar-refractivity contribution in [3.8, 4) is 0 Å². The van der Waals surface area contributed by atoms with Gasteiger partial charge in [-0.2, -0.15) is 0 Å². The molecule has 0 amide bonds. The first-order valence-corrected chi connectivity index (χ1v) is 7.61. The average Bonchev–Trinajstić information content (AvgIpc) is 2.96. The molecule has 1 aliphatic heterocycles. The molecule has 106 valence electrons. The van der Waals surface area contributed by atoms with Crippen LogP contribution in [-0.2, 0) is 6.54 Å². The van der Waals surface area contributed by atoms with E-state index in [2.05, 4.69) is 9.88 Å². The van der Waals surface area contributed by atoms with Crippen LogP contribution in [0.15, 0.2) is 29.1 Å². The van der Waals surface area contributed by atoms with Crippen LogP contribution >= 0.6 is 12.2 Å². The Morgan fingerprint density at radius 1 is 1.15 bits per heavy atom. The molecule has 1 aliphatic rings. The molecule has 0 radical (unpaired) electrons. The van der Waals surface area contributed by atoms with E-state index in [0.717, 1.165) is 18.5 Å². The molecule has 1 saturated heterocycles. The van der Waals surface area contributed by atoms with Crippen LogP contribution in [0, 0.1) is 4.77 Å². The summed E-state index contributed by atoms with van der Waals surface area (Å²) < 4.78 is 2.21. The second-order valence-electron chi connectivity index (χ2n) is 5.33. The molecule has 0 spiro atoms. The largest absolute Gasteiger partial charge is 0.332 e. The Labute approximate surface area is 123 Å². The van der Waals surface area contributed by atoms with E-state index in [1.807, 2.05) is 24.3 Å². The number of para-hydroxylation sites is 1. The second-order valence-corrected chi connectivity index (χ2v) is 5.72. The van der Waals surface area contributed by atoms with Gasteiger partial charge in [0.1, 0.15) is 0 Å². The van der Waals surface area contributed by atoms with Crippen molar-refractivity contribution in [2.45, 2.75) is 25.8 Å². The van der Waals surface area contributed by atoms with Gasteiger partial charge in [0.2, 0.25) is 0 Å². The minimum atomic E-state index is 0.0192. The lowest BCUT2D eigenvalue weighted by molar-refractivity contribution is 0.324. The molecule has 1 aromatic heterocycles. The molecule has 1 fully saturated rings. The number of nitrogens with zero attached hydrogens (tertiary/aromatic N) is 2. The van der Waals surface area contributed by atoms with Gasteiger partial charge >= 0.3 is 0 Å². The van der Waals surface area contributed by atoms with Crippen molar-refractivity contribution in [1.82, 2.24) is 14.5 Å². The van der Waals surface area contributed by atoms with Gasteiger partial charge in [0, 0.05) is 6.54 Å². The number of fused-ring (bicyclic) bond motifs is 1. The third-order valence-corrected chi connectivity index (χ3v) is 4.27. The van der Waals surface area contributed by atoms with Crippen LogP contribution in [0.1, 0.15) is 19.3 Å². The minimum absolute atomic E-state index is 0.0192. The standard InChI is InChI=1S/C15H19N3OS/c19-14-12-6-1-2-7-13(12)16-15(20)18(14)11-5-10-17-8-3-4-9-17/h1-2,6-7H,3-5,8-11H2,(H,16,20). The SMILES string of the molecule is O=c1c2ccccc2[nH]c(=S)n1CCCN1CCCC1. The smallest absolute Gasteiger partial charge is 0.262 e. The summed E-state index contributed by atoms with van der Waals surface area (Å²) in [5.74, 6) is 0. The number of benzene rings is 1. The fraction of sp³-hybridized carbons (Fsp3) is 0.467. The van der Waals surface area contributed by atoms with E-state index < -0.39 is 0 Å². The van der Waals surface area contributed by atoms with Crippen LogP contribution in [0.25, 0.3) is 10.9 Å². The quantitative estimate of drug-likeness (QED) is 0.879. The normalized spacial score (nSPS) is 16.0. The molecule has 0 bridgehead atoms. The highest BCUT2D eigenvalue weighted by Crippen LogP contribution is 2.09. The lowest BCUT2D eigenvalue weighted by Crippen LogP contribution is -2.26. The zero-order valence-corrected chi connectivity index (χ0v) is 12.3. The Hall–Kier alpha value is -1.46. The molecule has 2 aromatic rings. The van der Waals surface area contributed by atoms with E-state index in [1.54, 1.807) is 4.57 Å². The van der Waals surface area contributed by atoms with Gasteiger partial charge in [-0.25, -0.2) is 0 Å². The van der Waals surface area contributed by atoms with Crippen LogP contribution < -0.4 is 5.56 Å². The molecule has 2 heterocycles. The van der Waals surface area contributed by atoms with E-state index in [0.29, 0.717) is 16.7 Å². The average molecular weight is 289 g/mol. The van der Waals surface area contributed by atoms with Gasteiger partial charge in [0.05, 0.1) is 10.9 Å². The third kappa shape index (κ3) is 2.69. The molecular weight excluding hydrogens is 270 g/mol. The molecule has 0 saturated carbocycles. The zero-order valence-electron chi connectivity index (χ0n) is 11.5. The van der Waals surface area contributed by atoms with E-state index in [9.17, 15) is 4.79 Å². The summed E-state index contributed by atoms with van der Waals surface area (Å²) in [4.78, 5) is 18.0. The topological polar surface area (TPSA) is 41.0 Å². The van der Waals surface area contributed by atoms with Crippen LogP contribution in [0.5, 0.6) is 0 Å². The van der Waals surface area contributed by atoms with Gasteiger partial charge in [0.15, 0.2) is 4.77 Å². The van der Waals surface area contributed by atoms with Crippen molar-refractivity contribution in [3.05, 3.63) is 39.4 Å². The Morgan fingerprint density at radius 2 is 1.90 bits per heavy atom. The predicted octanol–water partition coefficient (Wildman–Crippen LogP) is 2.54. The molecule has 5 heteroatoms. The van der Waals surface area contributed by atoms with Gasteiger partial charge in [-0.1, -0.05) is 12.1 Å². The summed E-state index contributed by atoms with van der Waals surface area (Å²) in [5, 5.41) is 0.710. The molecule has 3 rings (SSSR count). The van der Waals surface area contributed by atoms with Gasteiger partial charge in [-0.05, 0) is 63.2 Å². The highest BCUT2D eigenvalue weighted by molar-refractivity contribution is 7.71. The lowest BCUT2D eigenvalue weighted by atomic mass is 10.2. The molecule has 20 heavy (non-hydrogen) atoms. The number of likely N-dealkylation sites (tertiary alicyclic amines) is 1. The minimum Gasteiger partial charge on any atom is -0.332 e. The van der Waals surface area contributed by atoms with Gasteiger partial charge in [0.25, 0.3) is 5.56 Å². The van der Waals surface area contributed by atoms with Gasteiger partial charge < -0.3 is 9.88 Å². The second kappa shape index (κ2) is 5.89. The summed E-state index contributed by atoms with van der Waals surface area (Å²) >= 11 is 5.31. The molecular formula is C15H19N3OS. The number of rotatable bonds is 4. The number of aromatic amines is 1. The Bertz CT molecular complexity index is 713. The fourth-order valence-corrected chi connectivity index (χ4v) is 3.14. The van der Waals surface area contributed by atoms with Crippen molar-refractivity contribution < 1.29 is 0 Å². The van der Waals surface area contributed by atoms with Crippen molar-refractivity contribution in [1.29, 1.82) is 0 Å². The highest BCUT2D eigenvalue weighted by Gasteiger charge is 2.11. The Morgan fingerprint density at radius 3 is 2.70 bits per heavy atom. The Kier molecular flexibility index (Phi) is 3.98. The van der Waals surface area contributed by atoms with Crippen molar-refractivity contribution in [2.75, 3.05) is 19.6 Å². The first kappa shape index (κ1) is 13.5. The summed E-state index contributed by atoms with van der Waals surface area (Å²) in [6.45, 7) is 4.13. The molecule has 0 unspecified atom stereocenters. The summed E-state index contributed by atoms with van der Waals surface area (Å²) in [7, 11) is 0. The van der Waals surface area contributed by atoms with E-state index in [4.69, 9.17) is 12.2 Å². The summed E-state index contributed by atoms with van der Waals surface area (Å²) in [5.41, 5.74) is 0.837. The van der Waals surface area contributed by atoms with Crippen LogP contribution in [0.3, 0.4) is 0 Å². The third-order valence-electron chi connectivity index (χ3n) is 3.94. The number of nitrogens with one attached hydrogen (secondary N) is 1. The van der Waals surface area contributed by atoms with Crippen LogP contribution in [0.4, 0.5) is 0 Å². The Balaban J connectivity index is 1.80. The van der Waals surface area contributed by atoms with E-state index in [1.165, 1.54) is 25.9 Å². The maximum absolute atomic E-state index is 12.4. The maximum Gasteiger partial charge on any atom is 0.262 e. The molecule has 0 atom stereocenters. The highest BCUT2D eigenvalue weighted by atomic mass is 32.1. The monoisotopic (exact) mass is 289 g/mol. The first-order valence-electron chi connectivity index (χ1n) is 7.20. The fourth-order valence-electron chi connectivity index (χ4n) is 2.86. The predicted molar refractivity (Wildman–Crippen MR) is 83.7 cm³/mol. The number of hydrogen-bond acceptors (Lipinski definition) is 3. The van der Waals surface area contributed by atoms with E-state index in [-0.39, 0.29) is 5.56 Å². The molecule has 1 N–H and O–H groups in total. The van der Waals surface area contributed by atoms with E-state index >= 15 is 0 Å². The maximum atomic E-state index is 12.4. The van der Waals surface area contributed by atoms with Crippen LogP contribution in [0.2, 0.25) is 0 Å². The van der Waals surface area contributed by atoms with Gasteiger partial charge in [-0.3, -0.25) is 9.36 Å².